The number of hydrazone groups is 1. The number of nitrogens with zero attached hydrogens (tertiary/aromatic N) is 1. The van der Waals surface area contributed by atoms with Crippen molar-refractivity contribution in [2.24, 2.45) is 5.10 Å². The quantitative estimate of drug-likeness (QED) is 0.474. The van der Waals surface area contributed by atoms with E-state index in [1.165, 1.54) is 19.4 Å². The molecular weight excluding hydrogens is 402 g/mol. The number of phenols is 1. The number of carbonyl (C=O) groups excluding carboxylic acids is 2. The summed E-state index contributed by atoms with van der Waals surface area (Å²) in [7, 11) is 1.44. The summed E-state index contributed by atoms with van der Waals surface area (Å²) in [6, 6.07) is 11.8. The molecule has 0 unspecified atom stereocenters. The first-order valence-electron chi connectivity index (χ1n) is 7.72. The van der Waals surface area contributed by atoms with Crippen LogP contribution in [0.3, 0.4) is 0 Å². The Balaban J connectivity index is 1.76. The number of methoxy groups -OCH3 is 1. The van der Waals surface area contributed by atoms with Crippen LogP contribution in [0.4, 0.5) is 5.69 Å². The van der Waals surface area contributed by atoms with E-state index in [-0.39, 0.29) is 30.4 Å². The molecule has 0 radical (unpaired) electrons. The Bertz CT molecular complexity index is 807. The normalized spacial score (nSPS) is 10.5. The van der Waals surface area contributed by atoms with E-state index in [1.807, 2.05) is 12.1 Å². The van der Waals surface area contributed by atoms with Crippen LogP contribution in [0.1, 0.15) is 18.4 Å². The predicted octanol–water partition coefficient (Wildman–Crippen LogP) is 3.03. The summed E-state index contributed by atoms with van der Waals surface area (Å²) in [5.41, 5.74) is 3.66. The molecule has 2 aromatic rings. The standard InChI is InChI=1S/C18H18BrN3O4/c1-26-16-10-12(2-7-15(16)23)11-20-22-18(25)9-8-17(24)21-14-5-3-13(19)4-6-14/h2-7,10-11,23H,8-9H2,1H3,(H,21,24)(H,22,25)/b20-11+. The maximum Gasteiger partial charge on any atom is 0.240 e. The maximum atomic E-state index is 11.8. The van der Waals surface area contributed by atoms with Gasteiger partial charge in [0.2, 0.25) is 11.8 Å². The van der Waals surface area contributed by atoms with Crippen LogP contribution in [0.5, 0.6) is 11.5 Å². The maximum absolute atomic E-state index is 11.8. The highest BCUT2D eigenvalue weighted by Crippen LogP contribution is 2.25. The van der Waals surface area contributed by atoms with Gasteiger partial charge < -0.3 is 15.2 Å². The van der Waals surface area contributed by atoms with Crippen molar-refractivity contribution < 1.29 is 19.4 Å². The van der Waals surface area contributed by atoms with Crippen LogP contribution >= 0.6 is 15.9 Å². The molecule has 2 aromatic carbocycles. The highest BCUT2D eigenvalue weighted by molar-refractivity contribution is 9.10. The number of amides is 2. The van der Waals surface area contributed by atoms with Gasteiger partial charge in [-0.15, -0.1) is 0 Å². The minimum atomic E-state index is -0.377. The Kier molecular flexibility index (Phi) is 7.16. The number of hydrogen-bond acceptors (Lipinski definition) is 5. The molecule has 0 spiro atoms. The van der Waals surface area contributed by atoms with Gasteiger partial charge >= 0.3 is 0 Å². The third kappa shape index (κ3) is 6.21. The molecule has 0 aliphatic rings. The fraction of sp³-hybridized carbons (Fsp3) is 0.167. The zero-order valence-corrected chi connectivity index (χ0v) is 15.6. The number of benzene rings is 2. The third-order valence-electron chi connectivity index (χ3n) is 3.31. The first kappa shape index (κ1) is 19.5. The Morgan fingerprint density at radius 2 is 1.85 bits per heavy atom. The largest absolute Gasteiger partial charge is 0.504 e. The minimum absolute atomic E-state index is 0.0125. The van der Waals surface area contributed by atoms with Gasteiger partial charge in [-0.1, -0.05) is 15.9 Å². The fourth-order valence-corrected chi connectivity index (χ4v) is 2.26. The van der Waals surface area contributed by atoms with Gasteiger partial charge in [0.1, 0.15) is 0 Å². The van der Waals surface area contributed by atoms with Crippen LogP contribution < -0.4 is 15.5 Å². The molecule has 3 N–H and O–H groups in total. The topological polar surface area (TPSA) is 100 Å². The molecule has 2 rings (SSSR count). The lowest BCUT2D eigenvalue weighted by Crippen LogP contribution is -2.20. The van der Waals surface area contributed by atoms with Crippen LogP contribution in [0, 0.1) is 0 Å². The molecule has 0 bridgehead atoms. The van der Waals surface area contributed by atoms with Gasteiger partial charge in [-0.3, -0.25) is 9.59 Å². The number of carbonyl (C=O) groups is 2. The third-order valence-corrected chi connectivity index (χ3v) is 3.84. The fourth-order valence-electron chi connectivity index (χ4n) is 1.99. The predicted molar refractivity (Wildman–Crippen MR) is 102 cm³/mol. The molecule has 0 aliphatic carbocycles. The molecule has 136 valence electrons. The van der Waals surface area contributed by atoms with Crippen LogP contribution in [-0.4, -0.2) is 30.2 Å². The molecule has 8 heteroatoms. The molecule has 0 atom stereocenters. The van der Waals surface area contributed by atoms with Gasteiger partial charge in [-0.25, -0.2) is 5.43 Å². The van der Waals surface area contributed by atoms with Crippen molar-refractivity contribution in [3.63, 3.8) is 0 Å². The van der Waals surface area contributed by atoms with Crippen molar-refractivity contribution in [3.8, 4) is 11.5 Å². The number of hydrogen-bond donors (Lipinski definition) is 3. The Morgan fingerprint density at radius 3 is 2.54 bits per heavy atom. The van der Waals surface area contributed by atoms with Crippen LogP contribution in [0.15, 0.2) is 52.0 Å². The van der Waals surface area contributed by atoms with E-state index in [2.05, 4.69) is 31.8 Å². The molecule has 26 heavy (non-hydrogen) atoms. The second kappa shape index (κ2) is 9.57. The number of aromatic hydroxyl groups is 1. The first-order valence-corrected chi connectivity index (χ1v) is 8.51. The van der Waals surface area contributed by atoms with E-state index < -0.39 is 0 Å². The number of halogens is 1. The lowest BCUT2D eigenvalue weighted by molar-refractivity contribution is -0.124. The number of phenolic OH excluding ortho intramolecular Hbond substituents is 1. The van der Waals surface area contributed by atoms with Gasteiger partial charge in [0, 0.05) is 23.0 Å². The molecule has 0 saturated heterocycles. The van der Waals surface area contributed by atoms with E-state index >= 15 is 0 Å². The van der Waals surface area contributed by atoms with Gasteiger partial charge in [-0.2, -0.15) is 5.10 Å². The highest BCUT2D eigenvalue weighted by Gasteiger charge is 2.07. The second-order valence-corrected chi connectivity index (χ2v) is 6.20. The summed E-state index contributed by atoms with van der Waals surface area (Å²) in [5, 5.41) is 16.0. The van der Waals surface area contributed by atoms with E-state index in [4.69, 9.17) is 4.74 Å². The van der Waals surface area contributed by atoms with E-state index in [0.717, 1.165) is 4.47 Å². The number of ether oxygens (including phenoxy) is 1. The number of anilines is 1. The summed E-state index contributed by atoms with van der Waals surface area (Å²) in [5.74, 6) is -0.303. The van der Waals surface area contributed by atoms with Crippen molar-refractivity contribution in [2.45, 2.75) is 12.8 Å². The second-order valence-electron chi connectivity index (χ2n) is 5.28. The van der Waals surface area contributed by atoms with Gasteiger partial charge in [0.05, 0.1) is 13.3 Å². The SMILES string of the molecule is COc1cc(/C=N/NC(=O)CCC(=O)Nc2ccc(Br)cc2)ccc1O. The average Bonchev–Trinajstić information content (AvgIpc) is 2.63. The van der Waals surface area contributed by atoms with Gasteiger partial charge in [-0.05, 0) is 48.0 Å². The summed E-state index contributed by atoms with van der Waals surface area (Å²) in [6.45, 7) is 0. The molecule has 0 aromatic heterocycles. The van der Waals surface area contributed by atoms with Crippen LogP contribution in [-0.2, 0) is 9.59 Å². The molecule has 0 aliphatic heterocycles. The zero-order chi connectivity index (χ0) is 18.9. The average molecular weight is 420 g/mol. The molecule has 0 fully saturated rings. The van der Waals surface area contributed by atoms with Crippen molar-refractivity contribution in [2.75, 3.05) is 12.4 Å². The number of nitrogens with one attached hydrogen (secondary N) is 2. The molecular formula is C18H18BrN3O4. The summed E-state index contributed by atoms with van der Waals surface area (Å²) in [4.78, 5) is 23.6. The lowest BCUT2D eigenvalue weighted by atomic mass is 10.2. The summed E-state index contributed by atoms with van der Waals surface area (Å²) < 4.78 is 5.90. The molecule has 0 saturated carbocycles. The van der Waals surface area contributed by atoms with E-state index in [9.17, 15) is 14.7 Å². The van der Waals surface area contributed by atoms with Crippen molar-refractivity contribution in [1.82, 2.24) is 5.43 Å². The van der Waals surface area contributed by atoms with Crippen LogP contribution in [0.2, 0.25) is 0 Å². The zero-order valence-electron chi connectivity index (χ0n) is 14.0. The smallest absolute Gasteiger partial charge is 0.240 e. The van der Waals surface area contributed by atoms with Crippen molar-refractivity contribution >= 4 is 39.6 Å². The van der Waals surface area contributed by atoms with Gasteiger partial charge in [0.25, 0.3) is 0 Å². The highest BCUT2D eigenvalue weighted by atomic mass is 79.9. The van der Waals surface area contributed by atoms with Crippen molar-refractivity contribution in [1.29, 1.82) is 0 Å². The first-order chi connectivity index (χ1) is 12.5. The minimum Gasteiger partial charge on any atom is -0.504 e. The monoisotopic (exact) mass is 419 g/mol. The summed E-state index contributed by atoms with van der Waals surface area (Å²) in [6.07, 6.45) is 1.48. The molecule has 0 heterocycles. The Labute approximate surface area is 159 Å². The number of rotatable bonds is 7. The lowest BCUT2D eigenvalue weighted by Gasteiger charge is -2.05. The van der Waals surface area contributed by atoms with E-state index in [0.29, 0.717) is 17.0 Å². The Hall–Kier alpha value is -2.87. The van der Waals surface area contributed by atoms with Crippen molar-refractivity contribution in [3.05, 3.63) is 52.5 Å². The molecule has 7 nitrogen and oxygen atoms in total. The van der Waals surface area contributed by atoms with Gasteiger partial charge in [0.15, 0.2) is 11.5 Å². The Morgan fingerprint density at radius 1 is 1.15 bits per heavy atom. The van der Waals surface area contributed by atoms with E-state index in [1.54, 1.807) is 24.3 Å². The summed E-state index contributed by atoms with van der Waals surface area (Å²) >= 11 is 3.32. The molecule has 2 amide bonds. The van der Waals surface area contributed by atoms with Crippen LogP contribution in [0.25, 0.3) is 0 Å².